The van der Waals surface area contributed by atoms with Crippen molar-refractivity contribution in [2.75, 3.05) is 0 Å². The molecule has 0 saturated heterocycles. The molecular formula is C14H24O. The second-order valence-corrected chi connectivity index (χ2v) is 4.63. The molecule has 0 bridgehead atoms. The highest BCUT2D eigenvalue weighted by atomic mass is 16.3. The summed E-state index contributed by atoms with van der Waals surface area (Å²) in [6, 6.07) is 0. The summed E-state index contributed by atoms with van der Waals surface area (Å²) in [7, 11) is 0. The van der Waals surface area contributed by atoms with Crippen LogP contribution in [0.15, 0.2) is 24.3 Å². The van der Waals surface area contributed by atoms with Crippen LogP contribution in [0.2, 0.25) is 0 Å². The zero-order valence-electron chi connectivity index (χ0n) is 10.1. The molecule has 0 aromatic carbocycles. The van der Waals surface area contributed by atoms with Gasteiger partial charge in [0.2, 0.25) is 0 Å². The van der Waals surface area contributed by atoms with Gasteiger partial charge in [0, 0.05) is 5.41 Å². The second kappa shape index (κ2) is 6.12. The average molecular weight is 208 g/mol. The van der Waals surface area contributed by atoms with Gasteiger partial charge in [-0.3, -0.25) is 0 Å². The average Bonchev–Trinajstić information content (AvgIpc) is 2.27. The lowest BCUT2D eigenvalue weighted by Gasteiger charge is -2.36. The second-order valence-electron chi connectivity index (χ2n) is 4.63. The molecule has 0 aromatic heterocycles. The molecule has 1 aliphatic rings. The summed E-state index contributed by atoms with van der Waals surface area (Å²) >= 11 is 0. The van der Waals surface area contributed by atoms with Crippen molar-refractivity contribution in [3.63, 3.8) is 0 Å². The molecule has 0 amide bonds. The van der Waals surface area contributed by atoms with Gasteiger partial charge in [0.25, 0.3) is 0 Å². The van der Waals surface area contributed by atoms with Crippen molar-refractivity contribution in [1.82, 2.24) is 0 Å². The molecule has 0 radical (unpaired) electrons. The summed E-state index contributed by atoms with van der Waals surface area (Å²) in [6.45, 7) is 4.42. The van der Waals surface area contributed by atoms with E-state index in [2.05, 4.69) is 26.0 Å². The third-order valence-electron chi connectivity index (χ3n) is 3.41. The molecule has 1 atom stereocenters. The van der Waals surface area contributed by atoms with E-state index in [4.69, 9.17) is 0 Å². The van der Waals surface area contributed by atoms with Crippen molar-refractivity contribution in [2.24, 2.45) is 5.41 Å². The number of unbranched alkanes of at least 4 members (excludes halogenated alkanes) is 2. The first-order valence-corrected chi connectivity index (χ1v) is 6.29. The molecular weight excluding hydrogens is 184 g/mol. The topological polar surface area (TPSA) is 20.2 Å². The smallest absolute Gasteiger partial charge is 0.0814 e. The van der Waals surface area contributed by atoms with Crippen molar-refractivity contribution in [1.29, 1.82) is 0 Å². The van der Waals surface area contributed by atoms with E-state index in [-0.39, 0.29) is 11.5 Å². The number of hydrogen-bond donors (Lipinski definition) is 1. The Morgan fingerprint density at radius 1 is 1.07 bits per heavy atom. The van der Waals surface area contributed by atoms with Crippen LogP contribution < -0.4 is 0 Å². The molecule has 0 aromatic rings. The number of allylic oxidation sites excluding steroid dienone is 2. The van der Waals surface area contributed by atoms with Crippen molar-refractivity contribution in [2.45, 2.75) is 58.5 Å². The molecule has 1 nitrogen and oxygen atoms in total. The third-order valence-corrected chi connectivity index (χ3v) is 3.41. The molecule has 1 N–H and O–H groups in total. The minimum atomic E-state index is -0.277. The standard InChI is InChI=1S/C14H24O/c1-3-5-10-14(11-6-4-2)12-8-7-9-13(14)15/h7-9,12-13,15H,3-6,10-11H2,1-2H3. The van der Waals surface area contributed by atoms with Crippen molar-refractivity contribution in [3.05, 3.63) is 24.3 Å². The Hall–Kier alpha value is -0.560. The van der Waals surface area contributed by atoms with Crippen molar-refractivity contribution in [3.8, 4) is 0 Å². The first-order chi connectivity index (χ1) is 7.25. The Balaban J connectivity index is 2.66. The van der Waals surface area contributed by atoms with Crippen LogP contribution in [0.5, 0.6) is 0 Å². The Bertz CT molecular complexity index is 219. The van der Waals surface area contributed by atoms with Crippen molar-refractivity contribution >= 4 is 0 Å². The molecule has 1 heteroatoms. The summed E-state index contributed by atoms with van der Waals surface area (Å²) in [5, 5.41) is 10.1. The molecule has 1 unspecified atom stereocenters. The lowest BCUT2D eigenvalue weighted by atomic mass is 9.72. The number of aliphatic hydroxyl groups excluding tert-OH is 1. The molecule has 0 heterocycles. The molecule has 1 rings (SSSR count). The third kappa shape index (κ3) is 3.20. The highest BCUT2D eigenvalue weighted by molar-refractivity contribution is 5.20. The summed E-state index contributed by atoms with van der Waals surface area (Å²) in [4.78, 5) is 0. The predicted octanol–water partition coefficient (Wildman–Crippen LogP) is 3.84. The molecule has 86 valence electrons. The minimum absolute atomic E-state index is 0.0285. The van der Waals surface area contributed by atoms with Gasteiger partial charge >= 0.3 is 0 Å². The number of aliphatic hydroxyl groups is 1. The largest absolute Gasteiger partial charge is 0.388 e. The fourth-order valence-corrected chi connectivity index (χ4v) is 2.31. The molecule has 0 spiro atoms. The van der Waals surface area contributed by atoms with Crippen LogP contribution in [0.25, 0.3) is 0 Å². The van der Waals surface area contributed by atoms with Crippen LogP contribution in [0.1, 0.15) is 52.4 Å². The molecule has 1 aliphatic carbocycles. The highest BCUT2D eigenvalue weighted by Crippen LogP contribution is 2.38. The Labute approximate surface area is 93.9 Å². The van der Waals surface area contributed by atoms with Gasteiger partial charge in [-0.25, -0.2) is 0 Å². The Morgan fingerprint density at radius 3 is 2.13 bits per heavy atom. The zero-order valence-corrected chi connectivity index (χ0v) is 10.1. The summed E-state index contributed by atoms with van der Waals surface area (Å²) < 4.78 is 0. The predicted molar refractivity (Wildman–Crippen MR) is 65.8 cm³/mol. The molecule has 0 aliphatic heterocycles. The van der Waals surface area contributed by atoms with Crippen molar-refractivity contribution < 1.29 is 5.11 Å². The van der Waals surface area contributed by atoms with E-state index in [0.29, 0.717) is 0 Å². The SMILES string of the molecule is CCCCC1(CCCC)C=CC=CC1O. The maximum absolute atomic E-state index is 10.1. The minimum Gasteiger partial charge on any atom is -0.388 e. The highest BCUT2D eigenvalue weighted by Gasteiger charge is 2.33. The van der Waals surface area contributed by atoms with Crippen LogP contribution in [0.3, 0.4) is 0 Å². The first kappa shape index (κ1) is 12.5. The van der Waals surface area contributed by atoms with E-state index in [1.165, 1.54) is 25.7 Å². The monoisotopic (exact) mass is 208 g/mol. The maximum Gasteiger partial charge on any atom is 0.0814 e. The molecule has 0 fully saturated rings. The van der Waals surface area contributed by atoms with Gasteiger partial charge in [-0.1, -0.05) is 63.8 Å². The van der Waals surface area contributed by atoms with E-state index >= 15 is 0 Å². The van der Waals surface area contributed by atoms with E-state index in [1.807, 2.05) is 12.2 Å². The quantitative estimate of drug-likeness (QED) is 0.703. The lowest BCUT2D eigenvalue weighted by molar-refractivity contribution is 0.0787. The van der Waals surface area contributed by atoms with Crippen LogP contribution in [0.4, 0.5) is 0 Å². The lowest BCUT2D eigenvalue weighted by Crippen LogP contribution is -2.33. The molecule has 15 heavy (non-hydrogen) atoms. The van der Waals surface area contributed by atoms with Gasteiger partial charge in [0.05, 0.1) is 6.10 Å². The van der Waals surface area contributed by atoms with Gasteiger partial charge in [0.1, 0.15) is 0 Å². The summed E-state index contributed by atoms with van der Waals surface area (Å²) in [5.41, 5.74) is 0.0285. The van der Waals surface area contributed by atoms with Gasteiger partial charge in [-0.2, -0.15) is 0 Å². The van der Waals surface area contributed by atoms with Crippen LogP contribution in [-0.2, 0) is 0 Å². The van der Waals surface area contributed by atoms with Gasteiger partial charge in [-0.05, 0) is 12.8 Å². The van der Waals surface area contributed by atoms with E-state index < -0.39 is 0 Å². The fourth-order valence-electron chi connectivity index (χ4n) is 2.31. The van der Waals surface area contributed by atoms with Crippen LogP contribution in [-0.4, -0.2) is 11.2 Å². The van der Waals surface area contributed by atoms with Gasteiger partial charge in [0.15, 0.2) is 0 Å². The molecule has 0 saturated carbocycles. The van der Waals surface area contributed by atoms with Gasteiger partial charge in [-0.15, -0.1) is 0 Å². The summed E-state index contributed by atoms with van der Waals surface area (Å²) in [5.74, 6) is 0. The van der Waals surface area contributed by atoms with Crippen LogP contribution in [0, 0.1) is 5.41 Å². The van der Waals surface area contributed by atoms with E-state index in [0.717, 1.165) is 12.8 Å². The first-order valence-electron chi connectivity index (χ1n) is 6.29. The maximum atomic E-state index is 10.1. The van der Waals surface area contributed by atoms with Crippen LogP contribution >= 0.6 is 0 Å². The number of hydrogen-bond acceptors (Lipinski definition) is 1. The zero-order chi connectivity index (χ0) is 11.1. The van der Waals surface area contributed by atoms with E-state index in [9.17, 15) is 5.11 Å². The fraction of sp³-hybridized carbons (Fsp3) is 0.714. The Kier molecular flexibility index (Phi) is 5.10. The normalized spacial score (nSPS) is 23.3. The summed E-state index contributed by atoms with van der Waals surface area (Å²) in [6.07, 6.45) is 15.0. The van der Waals surface area contributed by atoms with Gasteiger partial charge < -0.3 is 5.11 Å². The number of rotatable bonds is 6. The Morgan fingerprint density at radius 2 is 1.67 bits per heavy atom. The van der Waals surface area contributed by atoms with E-state index in [1.54, 1.807) is 0 Å².